The van der Waals surface area contributed by atoms with E-state index in [9.17, 15) is 39.3 Å². The number of carbonyl (C=O) groups excluding carboxylic acids is 3. The third-order valence-electron chi connectivity index (χ3n) is 7.37. The van der Waals surface area contributed by atoms with Crippen molar-refractivity contribution >= 4 is 40.6 Å². The first kappa shape index (κ1) is 33.2. The number of H-pyrrole nitrogens is 1. The average molecular weight is 630 g/mol. The summed E-state index contributed by atoms with van der Waals surface area (Å²) in [4.78, 5) is 66.7. The fourth-order valence-corrected chi connectivity index (χ4v) is 4.96. The molecule has 9 N–H and O–H groups in total. The first-order valence-electron chi connectivity index (χ1n) is 14.5. The first-order chi connectivity index (χ1) is 22.0. The topological polar surface area (TPSA) is 224 Å². The van der Waals surface area contributed by atoms with Crippen LogP contribution in [0.3, 0.4) is 0 Å². The molecule has 0 saturated heterocycles. The molecule has 4 atom stereocenters. The number of phenols is 1. The number of para-hydroxylation sites is 1. The van der Waals surface area contributed by atoms with Gasteiger partial charge in [-0.25, -0.2) is 4.79 Å². The molecule has 0 aliphatic rings. The zero-order chi connectivity index (χ0) is 33.2. The normalized spacial score (nSPS) is 13.6. The summed E-state index contributed by atoms with van der Waals surface area (Å²) in [5.74, 6) is -5.37. The van der Waals surface area contributed by atoms with Crippen LogP contribution in [0.1, 0.15) is 23.1 Å². The Morgan fingerprint density at radius 2 is 1.24 bits per heavy atom. The SMILES string of the molecule is NC(Cc1c[nH]c2ccccc12)C(=O)NC(Cc1ccccc1)C(=O)NC(CC(=O)O)C(=O)NC(Cc1ccc(O)cc1)C(=O)O. The second-order valence-corrected chi connectivity index (χ2v) is 10.9. The van der Waals surface area contributed by atoms with Crippen LogP contribution in [0, 0.1) is 0 Å². The molecule has 0 saturated carbocycles. The number of aromatic amines is 1. The number of carbonyl (C=O) groups is 5. The largest absolute Gasteiger partial charge is 0.508 e. The Bertz CT molecular complexity index is 1690. The van der Waals surface area contributed by atoms with E-state index in [-0.39, 0.29) is 25.0 Å². The second-order valence-electron chi connectivity index (χ2n) is 10.9. The van der Waals surface area contributed by atoms with Gasteiger partial charge in [-0.1, -0.05) is 60.7 Å². The highest BCUT2D eigenvalue weighted by atomic mass is 16.4. The van der Waals surface area contributed by atoms with Gasteiger partial charge in [0.1, 0.15) is 23.9 Å². The van der Waals surface area contributed by atoms with E-state index < -0.39 is 60.2 Å². The van der Waals surface area contributed by atoms with Gasteiger partial charge in [-0.05, 0) is 41.3 Å². The van der Waals surface area contributed by atoms with Gasteiger partial charge in [-0.3, -0.25) is 19.2 Å². The number of carboxylic acids is 2. The number of hydrogen-bond donors (Lipinski definition) is 8. The van der Waals surface area contributed by atoms with Gasteiger partial charge >= 0.3 is 11.9 Å². The van der Waals surface area contributed by atoms with Crippen molar-refractivity contribution < 1.29 is 39.3 Å². The number of aromatic hydroxyl groups is 1. The third-order valence-corrected chi connectivity index (χ3v) is 7.37. The van der Waals surface area contributed by atoms with Crippen molar-refractivity contribution in [1.82, 2.24) is 20.9 Å². The van der Waals surface area contributed by atoms with E-state index in [0.29, 0.717) is 11.1 Å². The molecule has 3 amide bonds. The Kier molecular flexibility index (Phi) is 11.1. The number of fused-ring (bicyclic) bond motifs is 1. The minimum Gasteiger partial charge on any atom is -0.508 e. The van der Waals surface area contributed by atoms with Crippen LogP contribution in [0.5, 0.6) is 5.75 Å². The van der Waals surface area contributed by atoms with Gasteiger partial charge in [0.2, 0.25) is 17.7 Å². The zero-order valence-electron chi connectivity index (χ0n) is 24.7. The van der Waals surface area contributed by atoms with Gasteiger partial charge in [-0.15, -0.1) is 0 Å². The third kappa shape index (κ3) is 9.16. The molecule has 0 spiro atoms. The van der Waals surface area contributed by atoms with Crippen molar-refractivity contribution in [3.8, 4) is 5.75 Å². The lowest BCUT2D eigenvalue weighted by molar-refractivity contribution is -0.143. The van der Waals surface area contributed by atoms with Crippen LogP contribution in [0.2, 0.25) is 0 Å². The summed E-state index contributed by atoms with van der Waals surface area (Å²) in [5.41, 5.74) is 9.08. The molecular formula is C33H35N5O8. The second kappa shape index (κ2) is 15.3. The Balaban J connectivity index is 1.49. The van der Waals surface area contributed by atoms with Crippen LogP contribution in [-0.2, 0) is 43.2 Å². The summed E-state index contributed by atoms with van der Waals surface area (Å²) >= 11 is 0. The Morgan fingerprint density at radius 3 is 1.91 bits per heavy atom. The summed E-state index contributed by atoms with van der Waals surface area (Å²) in [5, 5.41) is 36.9. The number of amides is 3. The van der Waals surface area contributed by atoms with Gasteiger partial charge in [0.15, 0.2) is 0 Å². The van der Waals surface area contributed by atoms with E-state index >= 15 is 0 Å². The Labute approximate surface area is 263 Å². The molecule has 13 heteroatoms. The molecule has 13 nitrogen and oxygen atoms in total. The van der Waals surface area contributed by atoms with E-state index in [0.717, 1.165) is 16.5 Å². The predicted octanol–water partition coefficient (Wildman–Crippen LogP) is 1.24. The highest BCUT2D eigenvalue weighted by Crippen LogP contribution is 2.19. The monoisotopic (exact) mass is 629 g/mol. The number of rotatable bonds is 15. The molecule has 1 heterocycles. The van der Waals surface area contributed by atoms with Crippen molar-refractivity contribution in [2.45, 2.75) is 49.9 Å². The lowest BCUT2D eigenvalue weighted by Gasteiger charge is -2.25. The summed E-state index contributed by atoms with van der Waals surface area (Å²) < 4.78 is 0. The van der Waals surface area contributed by atoms with Gasteiger partial charge < -0.3 is 42.0 Å². The molecule has 240 valence electrons. The van der Waals surface area contributed by atoms with Crippen molar-refractivity contribution in [3.63, 3.8) is 0 Å². The molecule has 46 heavy (non-hydrogen) atoms. The first-order valence-corrected chi connectivity index (χ1v) is 14.5. The maximum absolute atomic E-state index is 13.6. The van der Waals surface area contributed by atoms with E-state index in [1.165, 1.54) is 24.3 Å². The fourth-order valence-electron chi connectivity index (χ4n) is 4.96. The van der Waals surface area contributed by atoms with E-state index in [1.807, 2.05) is 24.3 Å². The number of phenolic OH excluding ortho intramolecular Hbond substituents is 1. The van der Waals surface area contributed by atoms with E-state index in [1.54, 1.807) is 36.5 Å². The van der Waals surface area contributed by atoms with Crippen LogP contribution >= 0.6 is 0 Å². The minimum atomic E-state index is -1.67. The van der Waals surface area contributed by atoms with Crippen LogP contribution in [0.4, 0.5) is 0 Å². The highest BCUT2D eigenvalue weighted by molar-refractivity contribution is 5.96. The highest BCUT2D eigenvalue weighted by Gasteiger charge is 2.32. The molecule has 0 fully saturated rings. The molecule has 3 aromatic carbocycles. The molecule has 1 aromatic heterocycles. The maximum atomic E-state index is 13.6. The summed E-state index contributed by atoms with van der Waals surface area (Å²) in [6.45, 7) is 0. The lowest BCUT2D eigenvalue weighted by Crippen LogP contribution is -2.58. The Morgan fingerprint density at radius 1 is 0.674 bits per heavy atom. The van der Waals surface area contributed by atoms with Crippen molar-refractivity contribution in [2.24, 2.45) is 5.73 Å². The molecule has 0 aliphatic heterocycles. The number of aromatic nitrogens is 1. The number of carboxylic acid groups (broad SMARTS) is 2. The molecule has 0 bridgehead atoms. The molecular weight excluding hydrogens is 594 g/mol. The van der Waals surface area contributed by atoms with E-state index in [2.05, 4.69) is 20.9 Å². The molecule has 0 aliphatic carbocycles. The van der Waals surface area contributed by atoms with Crippen molar-refractivity contribution in [3.05, 3.63) is 102 Å². The van der Waals surface area contributed by atoms with Crippen molar-refractivity contribution in [2.75, 3.05) is 0 Å². The summed E-state index contributed by atoms with van der Waals surface area (Å²) in [7, 11) is 0. The van der Waals surface area contributed by atoms with Crippen LogP contribution in [0.25, 0.3) is 10.9 Å². The standard InChI is InChI=1S/C33H35N5O8/c34-24(16-21-18-35-25-9-5-4-8-23(21)25)30(42)36-26(14-19-6-2-1-3-7-19)31(43)37-27(17-29(40)41)32(44)38-28(33(45)46)15-20-10-12-22(39)13-11-20/h1-13,18,24,26-28,35,39H,14-17,34H2,(H,36,42)(H,37,43)(H,38,44)(H,40,41)(H,45,46). The van der Waals surface area contributed by atoms with Crippen LogP contribution < -0.4 is 21.7 Å². The maximum Gasteiger partial charge on any atom is 0.326 e. The smallest absolute Gasteiger partial charge is 0.326 e. The average Bonchev–Trinajstić information content (AvgIpc) is 3.43. The van der Waals surface area contributed by atoms with Gasteiger partial charge in [-0.2, -0.15) is 0 Å². The van der Waals surface area contributed by atoms with Crippen molar-refractivity contribution in [1.29, 1.82) is 0 Å². The van der Waals surface area contributed by atoms with Crippen LogP contribution in [0.15, 0.2) is 85.1 Å². The van der Waals surface area contributed by atoms with Gasteiger partial charge in [0.25, 0.3) is 0 Å². The number of aliphatic carboxylic acids is 2. The number of benzene rings is 3. The quantitative estimate of drug-likeness (QED) is 0.0946. The van der Waals surface area contributed by atoms with Gasteiger partial charge in [0, 0.05) is 29.9 Å². The molecule has 0 radical (unpaired) electrons. The number of nitrogens with one attached hydrogen (secondary N) is 4. The zero-order valence-corrected chi connectivity index (χ0v) is 24.7. The number of nitrogens with two attached hydrogens (primary N) is 1. The minimum absolute atomic E-state index is 0.00175. The molecule has 4 rings (SSSR count). The Hall–Kier alpha value is -5.69. The lowest BCUT2D eigenvalue weighted by atomic mass is 10.0. The predicted molar refractivity (Wildman–Crippen MR) is 168 cm³/mol. The summed E-state index contributed by atoms with van der Waals surface area (Å²) in [6.07, 6.45) is 0.897. The van der Waals surface area contributed by atoms with E-state index in [4.69, 9.17) is 5.73 Å². The van der Waals surface area contributed by atoms with Gasteiger partial charge in [0.05, 0.1) is 12.5 Å². The summed E-state index contributed by atoms with van der Waals surface area (Å²) in [6, 6.07) is 16.5. The van der Waals surface area contributed by atoms with Crippen LogP contribution in [-0.4, -0.2) is 74.1 Å². The fraction of sp³-hybridized carbons (Fsp3) is 0.242. The molecule has 4 unspecified atom stereocenters. The molecule has 4 aromatic rings. The number of hydrogen-bond acceptors (Lipinski definition) is 7.